The van der Waals surface area contributed by atoms with Crippen molar-refractivity contribution in [2.75, 3.05) is 25.2 Å². The Morgan fingerprint density at radius 3 is 2.65 bits per heavy atom. The Labute approximate surface area is 185 Å². The van der Waals surface area contributed by atoms with Gasteiger partial charge in [0.05, 0.1) is 42.4 Å². The first-order valence-corrected chi connectivity index (χ1v) is 10.3. The Hall–Kier alpha value is -2.64. The summed E-state index contributed by atoms with van der Waals surface area (Å²) in [4.78, 5) is 26.4. The van der Waals surface area contributed by atoms with E-state index in [2.05, 4.69) is 0 Å². The highest BCUT2D eigenvalue weighted by molar-refractivity contribution is 6.30. The van der Waals surface area contributed by atoms with E-state index >= 15 is 0 Å². The number of benzene rings is 2. The summed E-state index contributed by atoms with van der Waals surface area (Å²) in [5.74, 6) is -3.58. The van der Waals surface area contributed by atoms with E-state index in [1.807, 2.05) is 13.8 Å². The number of Topliss-reactive ketones (excluding diaryl/α,β-unsaturated/α-hetero) is 1. The van der Waals surface area contributed by atoms with Gasteiger partial charge in [0.1, 0.15) is 11.6 Å². The lowest BCUT2D eigenvalue weighted by Gasteiger charge is -2.42. The molecule has 0 unspecified atom stereocenters. The van der Waals surface area contributed by atoms with Crippen molar-refractivity contribution in [3.8, 4) is 5.75 Å². The Kier molecular flexibility index (Phi) is 6.86. The lowest BCUT2D eigenvalue weighted by molar-refractivity contribution is -0.309. The maximum Gasteiger partial charge on any atom is 0.175 e. The molecule has 2 aromatic carbocycles. The molecule has 166 valence electrons. The molecule has 6 nitrogen and oxygen atoms in total. The monoisotopic (exact) mass is 448 g/mol. The van der Waals surface area contributed by atoms with Gasteiger partial charge in [-0.05, 0) is 29.2 Å². The van der Waals surface area contributed by atoms with E-state index in [0.29, 0.717) is 22.6 Å². The highest BCUT2D eigenvalue weighted by Gasteiger charge is 2.37. The van der Waals surface area contributed by atoms with Gasteiger partial charge in [-0.25, -0.2) is 4.39 Å². The topological polar surface area (TPSA) is 89.9 Å². The number of aliphatic hydroxyl groups is 1. The zero-order chi connectivity index (χ0) is 22.9. The maximum atomic E-state index is 14.4. The van der Waals surface area contributed by atoms with E-state index in [0.717, 1.165) is 0 Å². The largest absolute Gasteiger partial charge is 0.549 e. The van der Waals surface area contributed by atoms with Gasteiger partial charge in [0.2, 0.25) is 0 Å². The Bertz CT molecular complexity index is 1010. The van der Waals surface area contributed by atoms with Crippen molar-refractivity contribution in [2.24, 2.45) is 11.8 Å². The Balaban J connectivity index is 2.15. The van der Waals surface area contributed by atoms with Crippen LogP contribution in [-0.4, -0.2) is 43.2 Å². The molecule has 1 aliphatic heterocycles. The summed E-state index contributed by atoms with van der Waals surface area (Å²) >= 11 is 5.88. The number of halogens is 2. The minimum atomic E-state index is -1.47. The highest BCUT2D eigenvalue weighted by Crippen LogP contribution is 2.38. The fourth-order valence-corrected chi connectivity index (χ4v) is 4.19. The van der Waals surface area contributed by atoms with Crippen LogP contribution >= 0.6 is 11.6 Å². The summed E-state index contributed by atoms with van der Waals surface area (Å²) < 4.78 is 19.9. The van der Waals surface area contributed by atoms with E-state index in [1.165, 1.54) is 19.2 Å². The fraction of sp³-hybridized carbons (Fsp3) is 0.391. The number of fused-ring (bicyclic) bond motifs is 1. The summed E-state index contributed by atoms with van der Waals surface area (Å²) in [6.07, 6.45) is 0.0969. The van der Waals surface area contributed by atoms with Crippen LogP contribution in [0.15, 0.2) is 30.3 Å². The number of hydrogen-bond acceptors (Lipinski definition) is 6. The van der Waals surface area contributed by atoms with Crippen LogP contribution in [0.4, 0.5) is 10.1 Å². The number of carbonyl (C=O) groups excluding carboxylic acids is 2. The third-order valence-electron chi connectivity index (χ3n) is 5.72. The number of ketones is 1. The zero-order valence-corrected chi connectivity index (χ0v) is 18.3. The number of carboxylic acids is 1. The van der Waals surface area contributed by atoms with Gasteiger partial charge in [-0.2, -0.15) is 0 Å². The van der Waals surface area contributed by atoms with Gasteiger partial charge in [0, 0.05) is 24.6 Å². The van der Waals surface area contributed by atoms with Crippen LogP contribution in [0.1, 0.15) is 35.3 Å². The number of rotatable bonds is 7. The van der Waals surface area contributed by atoms with Crippen molar-refractivity contribution in [3.63, 3.8) is 0 Å². The molecule has 0 spiro atoms. The molecule has 0 fully saturated rings. The van der Waals surface area contributed by atoms with E-state index in [4.69, 9.17) is 16.3 Å². The minimum Gasteiger partial charge on any atom is -0.549 e. The number of ether oxygens (including phenoxy) is 1. The van der Waals surface area contributed by atoms with Gasteiger partial charge >= 0.3 is 0 Å². The summed E-state index contributed by atoms with van der Waals surface area (Å²) in [7, 11) is 1.46. The van der Waals surface area contributed by atoms with Crippen molar-refractivity contribution >= 4 is 29.0 Å². The average molecular weight is 449 g/mol. The fourth-order valence-electron chi connectivity index (χ4n) is 4.00. The summed E-state index contributed by atoms with van der Waals surface area (Å²) in [6.45, 7) is 3.48. The highest BCUT2D eigenvalue weighted by atomic mass is 35.5. The van der Waals surface area contributed by atoms with Crippen LogP contribution in [-0.2, 0) is 11.2 Å². The standard InChI is InChI=1S/C23H25ClFNO5/c1-12(2)19(11-27)26-10-16(23(29)30)22(28)15-8-14(20(31-3)9-18(15)26)7-13-5-4-6-17(24)21(13)25/h4-6,8-9,12,16,19,27H,7,10-11H2,1-3H3,(H,29,30)/p-1/t16-,19+/m0/s1. The molecule has 3 rings (SSSR count). The molecule has 0 bridgehead atoms. The molecule has 1 heterocycles. The summed E-state index contributed by atoms with van der Waals surface area (Å²) in [6, 6.07) is 7.42. The molecule has 0 aromatic heterocycles. The first kappa shape index (κ1) is 23.0. The zero-order valence-electron chi connectivity index (χ0n) is 17.5. The minimum absolute atomic E-state index is 0.0142. The van der Waals surface area contributed by atoms with Crippen molar-refractivity contribution in [1.82, 2.24) is 0 Å². The van der Waals surface area contributed by atoms with E-state index in [-0.39, 0.29) is 36.1 Å². The third-order valence-corrected chi connectivity index (χ3v) is 6.02. The molecule has 0 saturated carbocycles. The smallest absolute Gasteiger partial charge is 0.175 e. The van der Waals surface area contributed by atoms with Crippen LogP contribution in [0.3, 0.4) is 0 Å². The molecule has 0 saturated heterocycles. The second kappa shape index (κ2) is 9.24. The van der Waals surface area contributed by atoms with Crippen molar-refractivity contribution in [2.45, 2.75) is 26.3 Å². The van der Waals surface area contributed by atoms with Gasteiger partial charge in [0.25, 0.3) is 0 Å². The number of carboxylic acid groups (broad SMARTS) is 1. The Morgan fingerprint density at radius 2 is 2.06 bits per heavy atom. The Morgan fingerprint density at radius 1 is 1.35 bits per heavy atom. The quantitative estimate of drug-likeness (QED) is 0.654. The number of aliphatic hydroxyl groups excluding tert-OH is 1. The molecule has 0 aliphatic carbocycles. The van der Waals surface area contributed by atoms with Gasteiger partial charge < -0.3 is 24.6 Å². The molecule has 2 aromatic rings. The third kappa shape index (κ3) is 4.38. The van der Waals surface area contributed by atoms with Crippen LogP contribution < -0.4 is 14.7 Å². The van der Waals surface area contributed by atoms with E-state index in [1.54, 1.807) is 23.1 Å². The molecule has 0 radical (unpaired) electrons. The predicted octanol–water partition coefficient (Wildman–Crippen LogP) is 2.46. The molecular formula is C23H24ClFNO5-. The van der Waals surface area contributed by atoms with Crippen LogP contribution in [0, 0.1) is 17.7 Å². The normalized spacial score (nSPS) is 16.9. The molecule has 31 heavy (non-hydrogen) atoms. The first-order chi connectivity index (χ1) is 14.7. The summed E-state index contributed by atoms with van der Waals surface area (Å²) in [5, 5.41) is 21.6. The van der Waals surface area contributed by atoms with Gasteiger partial charge in [-0.1, -0.05) is 37.6 Å². The number of anilines is 1. The van der Waals surface area contributed by atoms with Gasteiger partial charge in [-0.3, -0.25) is 4.79 Å². The van der Waals surface area contributed by atoms with Crippen molar-refractivity contribution in [1.29, 1.82) is 0 Å². The number of nitrogens with zero attached hydrogens (tertiary/aromatic N) is 1. The SMILES string of the molecule is COc1cc2c(cc1Cc1cccc(Cl)c1F)C(=O)[C@@H](C(=O)[O-])CN2[C@H](CO)C(C)C. The van der Waals surface area contributed by atoms with Gasteiger partial charge in [-0.15, -0.1) is 0 Å². The number of aliphatic carboxylic acids is 1. The molecule has 2 atom stereocenters. The number of methoxy groups -OCH3 is 1. The molecule has 0 amide bonds. The maximum absolute atomic E-state index is 14.4. The molecule has 8 heteroatoms. The first-order valence-electron chi connectivity index (χ1n) is 9.95. The van der Waals surface area contributed by atoms with Gasteiger partial charge in [0.15, 0.2) is 5.78 Å². The predicted molar refractivity (Wildman–Crippen MR) is 113 cm³/mol. The van der Waals surface area contributed by atoms with Crippen LogP contribution in [0.25, 0.3) is 0 Å². The lowest BCUT2D eigenvalue weighted by Crippen LogP contribution is -2.53. The lowest BCUT2D eigenvalue weighted by atomic mass is 9.86. The van der Waals surface area contributed by atoms with E-state index in [9.17, 15) is 24.2 Å². The number of hydrogen-bond donors (Lipinski definition) is 1. The second-order valence-electron chi connectivity index (χ2n) is 7.95. The summed E-state index contributed by atoms with van der Waals surface area (Å²) in [5.41, 5.74) is 1.48. The molecule has 1 aliphatic rings. The molecular weight excluding hydrogens is 425 g/mol. The molecule has 1 N–H and O–H groups in total. The second-order valence-corrected chi connectivity index (χ2v) is 8.36. The number of carbonyl (C=O) groups is 2. The van der Waals surface area contributed by atoms with Crippen molar-refractivity contribution in [3.05, 3.63) is 57.9 Å². The van der Waals surface area contributed by atoms with Crippen LogP contribution in [0.2, 0.25) is 5.02 Å². The average Bonchev–Trinajstić information content (AvgIpc) is 2.72. The van der Waals surface area contributed by atoms with E-state index < -0.39 is 29.5 Å². The van der Waals surface area contributed by atoms with Crippen molar-refractivity contribution < 1.29 is 28.9 Å². The van der Waals surface area contributed by atoms with Crippen LogP contribution in [0.5, 0.6) is 5.75 Å².